The minimum Gasteiger partial charge on any atom is -0.343 e. The van der Waals surface area contributed by atoms with E-state index in [4.69, 9.17) is 5.73 Å². The zero-order valence-electron chi connectivity index (χ0n) is 9.33. The summed E-state index contributed by atoms with van der Waals surface area (Å²) in [6.45, 7) is 2.73. The van der Waals surface area contributed by atoms with Crippen molar-refractivity contribution >= 4 is 5.91 Å². The maximum absolute atomic E-state index is 11.6. The molecule has 0 spiro atoms. The Morgan fingerprint density at radius 2 is 2.21 bits per heavy atom. The predicted octanol–water partition coefficient (Wildman–Crippen LogP) is 1.37. The number of carbonyl (C=O) groups excluding carboxylic acids is 1. The average molecular weight is 198 g/mol. The van der Waals surface area contributed by atoms with Crippen molar-refractivity contribution in [2.45, 2.75) is 45.1 Å². The molecule has 0 aliphatic heterocycles. The van der Waals surface area contributed by atoms with Gasteiger partial charge in [-0.05, 0) is 18.8 Å². The third kappa shape index (κ3) is 2.98. The molecule has 2 unspecified atom stereocenters. The van der Waals surface area contributed by atoms with Gasteiger partial charge >= 0.3 is 0 Å². The van der Waals surface area contributed by atoms with Crippen molar-refractivity contribution in [3.8, 4) is 0 Å². The summed E-state index contributed by atoms with van der Waals surface area (Å²) in [7, 11) is 1.92. The summed E-state index contributed by atoms with van der Waals surface area (Å²) in [4.78, 5) is 13.5. The van der Waals surface area contributed by atoms with Crippen LogP contribution < -0.4 is 5.73 Å². The van der Waals surface area contributed by atoms with Crippen LogP contribution in [0.4, 0.5) is 0 Å². The van der Waals surface area contributed by atoms with Crippen molar-refractivity contribution in [3.63, 3.8) is 0 Å². The highest BCUT2D eigenvalue weighted by Crippen LogP contribution is 2.26. The molecule has 0 bridgehead atoms. The van der Waals surface area contributed by atoms with E-state index in [-0.39, 0.29) is 5.91 Å². The largest absolute Gasteiger partial charge is 0.343 e. The molecular weight excluding hydrogens is 176 g/mol. The summed E-state index contributed by atoms with van der Waals surface area (Å²) in [5, 5.41) is 0. The molecule has 0 aromatic carbocycles. The Labute approximate surface area is 86.6 Å². The molecule has 1 rings (SSSR count). The van der Waals surface area contributed by atoms with Crippen LogP contribution >= 0.6 is 0 Å². The molecule has 0 aromatic heterocycles. The summed E-state index contributed by atoms with van der Waals surface area (Å²) in [5.74, 6) is 0.966. The summed E-state index contributed by atoms with van der Waals surface area (Å²) < 4.78 is 0. The van der Waals surface area contributed by atoms with E-state index in [1.807, 2.05) is 11.9 Å². The summed E-state index contributed by atoms with van der Waals surface area (Å²) in [5.41, 5.74) is 5.38. The standard InChI is InChI=1S/C11H22N2O/c1-9-4-3-5-10(8-9)13(2)11(14)6-7-12/h9-10H,3-8,12H2,1-2H3. The van der Waals surface area contributed by atoms with Crippen molar-refractivity contribution in [3.05, 3.63) is 0 Å². The van der Waals surface area contributed by atoms with E-state index < -0.39 is 0 Å². The predicted molar refractivity (Wildman–Crippen MR) is 57.9 cm³/mol. The van der Waals surface area contributed by atoms with Crippen LogP contribution in [0.25, 0.3) is 0 Å². The molecule has 1 saturated carbocycles. The molecule has 1 fully saturated rings. The first-order valence-corrected chi connectivity index (χ1v) is 5.61. The van der Waals surface area contributed by atoms with Gasteiger partial charge in [0.1, 0.15) is 0 Å². The average Bonchev–Trinajstić information content (AvgIpc) is 2.17. The molecule has 2 atom stereocenters. The molecule has 0 aromatic rings. The third-order valence-corrected chi connectivity index (χ3v) is 3.21. The van der Waals surface area contributed by atoms with Gasteiger partial charge in [0.05, 0.1) is 0 Å². The van der Waals surface area contributed by atoms with Crippen LogP contribution in [0.1, 0.15) is 39.0 Å². The number of hydrogen-bond donors (Lipinski definition) is 1. The molecule has 3 heteroatoms. The Balaban J connectivity index is 2.42. The first-order chi connectivity index (χ1) is 6.65. The van der Waals surface area contributed by atoms with E-state index in [2.05, 4.69) is 6.92 Å². The monoisotopic (exact) mass is 198 g/mol. The van der Waals surface area contributed by atoms with Crippen LogP contribution in [-0.4, -0.2) is 30.4 Å². The zero-order chi connectivity index (χ0) is 10.6. The van der Waals surface area contributed by atoms with Gasteiger partial charge < -0.3 is 10.6 Å². The Kier molecular flexibility index (Phi) is 4.39. The lowest BCUT2D eigenvalue weighted by Crippen LogP contribution is -2.40. The molecule has 14 heavy (non-hydrogen) atoms. The van der Waals surface area contributed by atoms with E-state index in [1.165, 1.54) is 12.8 Å². The SMILES string of the molecule is CC1CCCC(N(C)C(=O)CCN)C1. The van der Waals surface area contributed by atoms with Crippen molar-refractivity contribution in [2.75, 3.05) is 13.6 Å². The molecule has 0 heterocycles. The van der Waals surface area contributed by atoms with Crippen molar-refractivity contribution in [1.29, 1.82) is 0 Å². The van der Waals surface area contributed by atoms with Gasteiger partial charge in [-0.25, -0.2) is 0 Å². The number of amides is 1. The minimum absolute atomic E-state index is 0.201. The fraction of sp³-hybridized carbons (Fsp3) is 0.909. The van der Waals surface area contributed by atoms with Crippen LogP contribution in [-0.2, 0) is 4.79 Å². The van der Waals surface area contributed by atoms with Crippen LogP contribution in [0.15, 0.2) is 0 Å². The number of nitrogens with zero attached hydrogens (tertiary/aromatic N) is 1. The molecule has 1 aliphatic rings. The number of carbonyl (C=O) groups is 1. The molecule has 82 valence electrons. The van der Waals surface area contributed by atoms with Crippen molar-refractivity contribution < 1.29 is 4.79 Å². The third-order valence-electron chi connectivity index (χ3n) is 3.21. The van der Waals surface area contributed by atoms with Gasteiger partial charge in [0, 0.05) is 26.1 Å². The Morgan fingerprint density at radius 1 is 1.50 bits per heavy atom. The van der Waals surface area contributed by atoms with Gasteiger partial charge in [-0.3, -0.25) is 4.79 Å². The smallest absolute Gasteiger partial charge is 0.223 e. The van der Waals surface area contributed by atoms with Crippen LogP contribution in [0.5, 0.6) is 0 Å². The first-order valence-electron chi connectivity index (χ1n) is 5.61. The fourth-order valence-electron chi connectivity index (χ4n) is 2.26. The second-order valence-electron chi connectivity index (χ2n) is 4.47. The van der Waals surface area contributed by atoms with Crippen molar-refractivity contribution in [2.24, 2.45) is 11.7 Å². The van der Waals surface area contributed by atoms with Gasteiger partial charge in [0.25, 0.3) is 0 Å². The summed E-state index contributed by atoms with van der Waals surface area (Å²) in [6, 6.07) is 0.456. The van der Waals surface area contributed by atoms with E-state index in [0.717, 1.165) is 18.8 Å². The Hall–Kier alpha value is -0.570. The number of hydrogen-bond acceptors (Lipinski definition) is 2. The summed E-state index contributed by atoms with van der Waals surface area (Å²) >= 11 is 0. The lowest BCUT2D eigenvalue weighted by atomic mass is 9.86. The number of nitrogens with two attached hydrogens (primary N) is 1. The summed E-state index contributed by atoms with van der Waals surface area (Å²) in [6.07, 6.45) is 5.38. The molecule has 0 radical (unpaired) electrons. The highest BCUT2D eigenvalue weighted by Gasteiger charge is 2.24. The highest BCUT2D eigenvalue weighted by molar-refractivity contribution is 5.76. The lowest BCUT2D eigenvalue weighted by Gasteiger charge is -2.34. The minimum atomic E-state index is 0.201. The second kappa shape index (κ2) is 5.35. The lowest BCUT2D eigenvalue weighted by molar-refractivity contribution is -0.132. The first kappa shape index (κ1) is 11.5. The van der Waals surface area contributed by atoms with Gasteiger partial charge in [-0.1, -0.05) is 19.8 Å². The van der Waals surface area contributed by atoms with Gasteiger partial charge in [0.2, 0.25) is 5.91 Å². The van der Waals surface area contributed by atoms with Gasteiger partial charge in [0.15, 0.2) is 0 Å². The number of rotatable bonds is 3. The molecular formula is C11H22N2O. The topological polar surface area (TPSA) is 46.3 Å². The van der Waals surface area contributed by atoms with Crippen molar-refractivity contribution in [1.82, 2.24) is 4.90 Å². The van der Waals surface area contributed by atoms with Crippen LogP contribution in [0.2, 0.25) is 0 Å². The highest BCUT2D eigenvalue weighted by atomic mass is 16.2. The van der Waals surface area contributed by atoms with E-state index in [0.29, 0.717) is 19.0 Å². The molecule has 1 amide bonds. The van der Waals surface area contributed by atoms with Gasteiger partial charge in [-0.15, -0.1) is 0 Å². The van der Waals surface area contributed by atoms with E-state index in [1.54, 1.807) is 0 Å². The quantitative estimate of drug-likeness (QED) is 0.744. The van der Waals surface area contributed by atoms with Crippen LogP contribution in [0, 0.1) is 5.92 Å². The molecule has 1 aliphatic carbocycles. The fourth-order valence-corrected chi connectivity index (χ4v) is 2.26. The Morgan fingerprint density at radius 3 is 2.79 bits per heavy atom. The molecule has 2 N–H and O–H groups in total. The van der Waals surface area contributed by atoms with E-state index >= 15 is 0 Å². The zero-order valence-corrected chi connectivity index (χ0v) is 9.33. The second-order valence-corrected chi connectivity index (χ2v) is 4.47. The van der Waals surface area contributed by atoms with E-state index in [9.17, 15) is 4.79 Å². The molecule has 3 nitrogen and oxygen atoms in total. The Bertz CT molecular complexity index is 194. The normalized spacial score (nSPS) is 27.4. The maximum Gasteiger partial charge on any atom is 0.223 e. The molecule has 0 saturated heterocycles. The van der Waals surface area contributed by atoms with Crippen LogP contribution in [0.3, 0.4) is 0 Å². The van der Waals surface area contributed by atoms with Gasteiger partial charge in [-0.2, -0.15) is 0 Å². The maximum atomic E-state index is 11.6.